The van der Waals surface area contributed by atoms with E-state index in [2.05, 4.69) is 11.8 Å². The van der Waals surface area contributed by atoms with Gasteiger partial charge in [-0.2, -0.15) is 0 Å². The molecule has 0 amide bonds. The first kappa shape index (κ1) is 9.96. The fourth-order valence-electron chi connectivity index (χ4n) is 1.45. The van der Waals surface area contributed by atoms with Crippen molar-refractivity contribution in [3.8, 4) is 0 Å². The molecule has 0 radical (unpaired) electrons. The van der Waals surface area contributed by atoms with Gasteiger partial charge in [-0.05, 0) is 26.3 Å². The van der Waals surface area contributed by atoms with E-state index in [9.17, 15) is 0 Å². The summed E-state index contributed by atoms with van der Waals surface area (Å²) in [7, 11) is 0. The van der Waals surface area contributed by atoms with Crippen LogP contribution in [-0.2, 0) is 0 Å². The maximum absolute atomic E-state index is 8.99. The highest BCUT2D eigenvalue weighted by Crippen LogP contribution is 2.27. The predicted molar refractivity (Wildman–Crippen MR) is 49.9 cm³/mol. The molecule has 3 N–H and O–H groups in total. The Bertz CT molecular complexity index is 143. The van der Waals surface area contributed by atoms with Crippen LogP contribution in [0, 0.1) is 0 Å². The third-order valence-electron chi connectivity index (χ3n) is 2.39. The molecule has 1 atom stereocenters. The quantitative estimate of drug-likeness (QED) is 0.622. The van der Waals surface area contributed by atoms with Crippen molar-refractivity contribution in [3.63, 3.8) is 0 Å². The molecule has 0 bridgehead atoms. The van der Waals surface area contributed by atoms with E-state index in [4.69, 9.17) is 10.8 Å². The monoisotopic (exact) mass is 172 g/mol. The molecule has 0 saturated heterocycles. The molecule has 0 aromatic rings. The molecule has 1 rings (SSSR count). The smallest absolute Gasteiger partial charge is 0.0621 e. The van der Waals surface area contributed by atoms with Gasteiger partial charge in [0.05, 0.1) is 6.61 Å². The third-order valence-corrected chi connectivity index (χ3v) is 2.39. The van der Waals surface area contributed by atoms with E-state index in [0.29, 0.717) is 0 Å². The topological polar surface area (TPSA) is 49.5 Å². The third kappa shape index (κ3) is 2.73. The van der Waals surface area contributed by atoms with Gasteiger partial charge < -0.3 is 10.8 Å². The highest BCUT2D eigenvalue weighted by molar-refractivity contribution is 4.90. The summed E-state index contributed by atoms with van der Waals surface area (Å²) in [5, 5.41) is 8.99. The first-order valence-electron chi connectivity index (χ1n) is 4.73. The minimum Gasteiger partial charge on any atom is -0.394 e. The van der Waals surface area contributed by atoms with Crippen molar-refractivity contribution in [2.75, 3.05) is 19.7 Å². The molecule has 3 heteroatoms. The Morgan fingerprint density at radius 3 is 2.50 bits per heavy atom. The average Bonchev–Trinajstić information content (AvgIpc) is 2.83. The average molecular weight is 172 g/mol. The second kappa shape index (κ2) is 3.73. The minimum atomic E-state index is -0.432. The van der Waals surface area contributed by atoms with Gasteiger partial charge >= 0.3 is 0 Å². The Morgan fingerprint density at radius 1 is 1.58 bits per heavy atom. The molecule has 0 aliphatic heterocycles. The highest BCUT2D eigenvalue weighted by Gasteiger charge is 2.31. The van der Waals surface area contributed by atoms with Crippen molar-refractivity contribution >= 4 is 0 Å². The van der Waals surface area contributed by atoms with Gasteiger partial charge in [0.15, 0.2) is 0 Å². The van der Waals surface area contributed by atoms with Crippen LogP contribution in [0.1, 0.15) is 26.7 Å². The van der Waals surface area contributed by atoms with Gasteiger partial charge in [0, 0.05) is 18.1 Å². The molecule has 0 heterocycles. The summed E-state index contributed by atoms with van der Waals surface area (Å²) in [6.07, 6.45) is 2.60. The Kier molecular flexibility index (Phi) is 3.09. The summed E-state index contributed by atoms with van der Waals surface area (Å²) in [5.74, 6) is 0. The van der Waals surface area contributed by atoms with Crippen LogP contribution in [0.4, 0.5) is 0 Å². The summed E-state index contributed by atoms with van der Waals surface area (Å²) in [4.78, 5) is 2.36. The molecule has 1 saturated carbocycles. The highest BCUT2D eigenvalue weighted by atomic mass is 16.3. The van der Waals surface area contributed by atoms with Gasteiger partial charge in [-0.3, -0.25) is 4.90 Å². The number of nitrogens with zero attached hydrogens (tertiary/aromatic N) is 1. The minimum absolute atomic E-state index is 0.0657. The predicted octanol–water partition coefficient (Wildman–Crippen LogP) is 0.180. The van der Waals surface area contributed by atoms with Gasteiger partial charge in [0.2, 0.25) is 0 Å². The number of hydrogen-bond donors (Lipinski definition) is 2. The zero-order valence-corrected chi connectivity index (χ0v) is 8.08. The SMILES string of the molecule is CCN(CC(C)(N)CO)C1CC1. The Morgan fingerprint density at radius 2 is 2.17 bits per heavy atom. The lowest BCUT2D eigenvalue weighted by Crippen LogP contribution is -2.51. The molecule has 1 fully saturated rings. The van der Waals surface area contributed by atoms with Crippen molar-refractivity contribution in [1.82, 2.24) is 4.90 Å². The van der Waals surface area contributed by atoms with Crippen LogP contribution in [0.5, 0.6) is 0 Å². The summed E-state index contributed by atoms with van der Waals surface area (Å²) >= 11 is 0. The van der Waals surface area contributed by atoms with E-state index in [1.165, 1.54) is 12.8 Å². The van der Waals surface area contributed by atoms with Crippen LogP contribution in [0.15, 0.2) is 0 Å². The summed E-state index contributed by atoms with van der Waals surface area (Å²) in [6, 6.07) is 0.740. The van der Waals surface area contributed by atoms with E-state index in [1.54, 1.807) is 0 Å². The van der Waals surface area contributed by atoms with Gasteiger partial charge in [-0.1, -0.05) is 6.92 Å². The standard InChI is InChI=1S/C9H20N2O/c1-3-11(8-4-5-8)6-9(2,10)7-12/h8,12H,3-7,10H2,1-2H3. The van der Waals surface area contributed by atoms with Gasteiger partial charge in [-0.25, -0.2) is 0 Å². The molecule has 1 aliphatic carbocycles. The maximum Gasteiger partial charge on any atom is 0.0621 e. The van der Waals surface area contributed by atoms with Gasteiger partial charge in [-0.15, -0.1) is 0 Å². The van der Waals surface area contributed by atoms with E-state index in [1.807, 2.05) is 6.92 Å². The van der Waals surface area contributed by atoms with E-state index >= 15 is 0 Å². The first-order valence-corrected chi connectivity index (χ1v) is 4.73. The van der Waals surface area contributed by atoms with Crippen LogP contribution in [-0.4, -0.2) is 41.3 Å². The largest absolute Gasteiger partial charge is 0.394 e. The molecular weight excluding hydrogens is 152 g/mol. The van der Waals surface area contributed by atoms with Crippen molar-refractivity contribution in [1.29, 1.82) is 0 Å². The zero-order chi connectivity index (χ0) is 9.19. The second-order valence-corrected chi connectivity index (χ2v) is 4.11. The van der Waals surface area contributed by atoms with Crippen molar-refractivity contribution in [2.24, 2.45) is 5.73 Å². The zero-order valence-electron chi connectivity index (χ0n) is 8.08. The van der Waals surface area contributed by atoms with Gasteiger partial charge in [0.1, 0.15) is 0 Å². The number of nitrogens with two attached hydrogens (primary N) is 1. The molecule has 0 spiro atoms. The summed E-state index contributed by atoms with van der Waals surface area (Å²) in [5.41, 5.74) is 5.43. The fraction of sp³-hybridized carbons (Fsp3) is 1.00. The molecule has 0 aromatic heterocycles. The van der Waals surface area contributed by atoms with Crippen LogP contribution in [0.2, 0.25) is 0 Å². The fourth-order valence-corrected chi connectivity index (χ4v) is 1.45. The van der Waals surface area contributed by atoms with Crippen molar-refractivity contribution in [3.05, 3.63) is 0 Å². The number of aliphatic hydroxyl groups excluding tert-OH is 1. The molecule has 1 unspecified atom stereocenters. The van der Waals surface area contributed by atoms with E-state index in [-0.39, 0.29) is 6.61 Å². The first-order chi connectivity index (χ1) is 5.59. The van der Waals surface area contributed by atoms with Gasteiger partial charge in [0.25, 0.3) is 0 Å². The molecule has 0 aromatic carbocycles. The van der Waals surface area contributed by atoms with Crippen molar-refractivity contribution in [2.45, 2.75) is 38.3 Å². The van der Waals surface area contributed by atoms with E-state index < -0.39 is 5.54 Å². The van der Waals surface area contributed by atoms with Crippen LogP contribution in [0.3, 0.4) is 0 Å². The molecular formula is C9H20N2O. The Balaban J connectivity index is 2.35. The summed E-state index contributed by atoms with van der Waals surface area (Å²) in [6.45, 7) is 5.96. The Labute approximate surface area is 74.5 Å². The number of likely N-dealkylation sites (N-methyl/N-ethyl adjacent to an activating group) is 1. The lowest BCUT2D eigenvalue weighted by molar-refractivity contribution is 0.147. The van der Waals surface area contributed by atoms with Crippen LogP contribution >= 0.6 is 0 Å². The van der Waals surface area contributed by atoms with Crippen LogP contribution < -0.4 is 5.73 Å². The number of aliphatic hydroxyl groups is 1. The molecule has 3 nitrogen and oxygen atoms in total. The molecule has 72 valence electrons. The number of hydrogen-bond acceptors (Lipinski definition) is 3. The normalized spacial score (nSPS) is 22.8. The lowest BCUT2D eigenvalue weighted by Gasteiger charge is -2.30. The second-order valence-electron chi connectivity index (χ2n) is 4.11. The molecule has 1 aliphatic rings. The lowest BCUT2D eigenvalue weighted by atomic mass is 10.1. The van der Waals surface area contributed by atoms with Crippen molar-refractivity contribution < 1.29 is 5.11 Å². The number of rotatable bonds is 5. The molecule has 12 heavy (non-hydrogen) atoms. The summed E-state index contributed by atoms with van der Waals surface area (Å²) < 4.78 is 0. The maximum atomic E-state index is 8.99. The Hall–Kier alpha value is -0.120. The van der Waals surface area contributed by atoms with Crippen LogP contribution in [0.25, 0.3) is 0 Å². The van der Waals surface area contributed by atoms with E-state index in [0.717, 1.165) is 19.1 Å².